The van der Waals surface area contributed by atoms with Crippen LogP contribution in [0, 0.1) is 5.92 Å². The summed E-state index contributed by atoms with van der Waals surface area (Å²) in [6, 6.07) is 7.73. The first kappa shape index (κ1) is 10.9. The lowest BCUT2D eigenvalue weighted by Crippen LogP contribution is -2.25. The number of nitrogens with zero attached hydrogens (tertiary/aromatic N) is 3. The summed E-state index contributed by atoms with van der Waals surface area (Å²) in [5, 5.41) is 0.915. The van der Waals surface area contributed by atoms with Crippen LogP contribution in [0.3, 0.4) is 0 Å². The summed E-state index contributed by atoms with van der Waals surface area (Å²) in [5.74, 6) is 1.02. The summed E-state index contributed by atoms with van der Waals surface area (Å²) in [6.07, 6.45) is 3.86. The van der Waals surface area contributed by atoms with Crippen molar-refractivity contribution >= 4 is 22.6 Å². The van der Waals surface area contributed by atoms with E-state index in [1.165, 1.54) is 6.33 Å². The lowest BCUT2D eigenvalue weighted by atomic mass is 10.1. The minimum Gasteiger partial charge on any atom is -0.296 e. The van der Waals surface area contributed by atoms with Crippen molar-refractivity contribution in [3.05, 3.63) is 43.2 Å². The predicted octanol–water partition coefficient (Wildman–Crippen LogP) is 2.17. The van der Waals surface area contributed by atoms with Gasteiger partial charge in [0.2, 0.25) is 5.91 Å². The third-order valence-electron chi connectivity index (χ3n) is 3.27. The van der Waals surface area contributed by atoms with Gasteiger partial charge in [-0.15, -0.1) is 6.58 Å². The monoisotopic (exact) mass is 239 g/mol. The van der Waals surface area contributed by atoms with Gasteiger partial charge in [0.15, 0.2) is 0 Å². The van der Waals surface area contributed by atoms with Gasteiger partial charge in [0, 0.05) is 24.3 Å². The number of benzene rings is 1. The van der Waals surface area contributed by atoms with Crippen LogP contribution in [-0.2, 0) is 4.79 Å². The minimum absolute atomic E-state index is 0.101. The molecule has 1 unspecified atom stereocenters. The molecule has 1 fully saturated rings. The van der Waals surface area contributed by atoms with Gasteiger partial charge in [0.05, 0.1) is 5.52 Å². The van der Waals surface area contributed by atoms with Crippen molar-refractivity contribution in [2.45, 2.75) is 6.42 Å². The van der Waals surface area contributed by atoms with Crippen LogP contribution in [-0.4, -0.2) is 22.4 Å². The highest BCUT2D eigenvalue weighted by Gasteiger charge is 2.30. The molecule has 4 heteroatoms. The lowest BCUT2D eigenvalue weighted by Gasteiger charge is -2.16. The second kappa shape index (κ2) is 4.22. The molecule has 18 heavy (non-hydrogen) atoms. The molecule has 1 atom stereocenters. The number of amides is 1. The van der Waals surface area contributed by atoms with E-state index in [9.17, 15) is 4.79 Å². The van der Waals surface area contributed by atoms with Crippen molar-refractivity contribution in [3.8, 4) is 0 Å². The summed E-state index contributed by atoms with van der Waals surface area (Å²) in [5.41, 5.74) is 0.859. The molecule has 1 aliphatic heterocycles. The quantitative estimate of drug-likeness (QED) is 0.754. The average molecular weight is 239 g/mol. The molecular formula is C14H13N3O. The van der Waals surface area contributed by atoms with Crippen molar-refractivity contribution in [3.63, 3.8) is 0 Å². The number of fused-ring (bicyclic) bond motifs is 1. The third kappa shape index (κ3) is 1.66. The van der Waals surface area contributed by atoms with Crippen LogP contribution in [0.4, 0.5) is 5.82 Å². The molecule has 1 aliphatic rings. The molecule has 0 N–H and O–H groups in total. The van der Waals surface area contributed by atoms with E-state index >= 15 is 0 Å². The maximum Gasteiger partial charge on any atom is 0.228 e. The molecule has 1 aromatic heterocycles. The highest BCUT2D eigenvalue weighted by molar-refractivity contribution is 6.02. The second-order valence-electron chi connectivity index (χ2n) is 4.42. The number of hydrogen-bond acceptors (Lipinski definition) is 3. The van der Waals surface area contributed by atoms with E-state index in [4.69, 9.17) is 0 Å². The molecule has 0 spiro atoms. The molecule has 0 aliphatic carbocycles. The summed E-state index contributed by atoms with van der Waals surface area (Å²) in [4.78, 5) is 22.2. The Morgan fingerprint density at radius 1 is 1.33 bits per heavy atom. The zero-order valence-corrected chi connectivity index (χ0v) is 9.91. The van der Waals surface area contributed by atoms with Crippen LogP contribution in [0.1, 0.15) is 6.42 Å². The van der Waals surface area contributed by atoms with E-state index in [1.54, 1.807) is 4.90 Å². The molecule has 90 valence electrons. The second-order valence-corrected chi connectivity index (χ2v) is 4.42. The summed E-state index contributed by atoms with van der Waals surface area (Å²) in [7, 11) is 0. The van der Waals surface area contributed by atoms with Gasteiger partial charge >= 0.3 is 0 Å². The van der Waals surface area contributed by atoms with Gasteiger partial charge in [0.1, 0.15) is 12.1 Å². The number of rotatable bonds is 2. The van der Waals surface area contributed by atoms with E-state index in [2.05, 4.69) is 16.5 Å². The highest BCUT2D eigenvalue weighted by atomic mass is 16.2. The Hall–Kier alpha value is -2.23. The zero-order chi connectivity index (χ0) is 12.5. The Balaban J connectivity index is 2.10. The van der Waals surface area contributed by atoms with Gasteiger partial charge in [-0.3, -0.25) is 9.69 Å². The summed E-state index contributed by atoms with van der Waals surface area (Å²) in [6.45, 7) is 4.41. The first-order valence-electron chi connectivity index (χ1n) is 5.92. The molecule has 1 aromatic carbocycles. The number of carbonyl (C=O) groups excluding carboxylic acids is 1. The number of anilines is 1. The van der Waals surface area contributed by atoms with Crippen LogP contribution in [0.5, 0.6) is 0 Å². The number of carbonyl (C=O) groups is 1. The molecular weight excluding hydrogens is 226 g/mol. The topological polar surface area (TPSA) is 46.1 Å². The molecule has 4 nitrogen and oxygen atoms in total. The average Bonchev–Trinajstić information content (AvgIpc) is 2.79. The predicted molar refractivity (Wildman–Crippen MR) is 70.2 cm³/mol. The molecule has 0 bridgehead atoms. The Bertz CT molecular complexity index is 618. The Kier molecular flexibility index (Phi) is 2.55. The normalized spacial score (nSPS) is 19.4. The van der Waals surface area contributed by atoms with Crippen molar-refractivity contribution < 1.29 is 4.79 Å². The zero-order valence-electron chi connectivity index (χ0n) is 9.91. The fourth-order valence-electron chi connectivity index (χ4n) is 2.30. The Labute approximate surface area is 105 Å². The molecule has 0 radical (unpaired) electrons. The van der Waals surface area contributed by atoms with E-state index in [1.807, 2.05) is 30.3 Å². The van der Waals surface area contributed by atoms with E-state index in [0.717, 1.165) is 10.9 Å². The van der Waals surface area contributed by atoms with E-state index in [0.29, 0.717) is 18.8 Å². The van der Waals surface area contributed by atoms with E-state index in [-0.39, 0.29) is 11.8 Å². The lowest BCUT2D eigenvalue weighted by molar-refractivity contribution is -0.117. The minimum atomic E-state index is 0.101. The van der Waals surface area contributed by atoms with Gasteiger partial charge < -0.3 is 0 Å². The van der Waals surface area contributed by atoms with Crippen LogP contribution in [0.15, 0.2) is 43.2 Å². The SMILES string of the molecule is C=CC1CC(=O)N(c2ncnc3ccccc23)C1. The van der Waals surface area contributed by atoms with Gasteiger partial charge in [-0.2, -0.15) is 0 Å². The fraction of sp³-hybridized carbons (Fsp3) is 0.214. The van der Waals surface area contributed by atoms with Gasteiger partial charge in [-0.25, -0.2) is 9.97 Å². The van der Waals surface area contributed by atoms with Crippen LogP contribution >= 0.6 is 0 Å². The van der Waals surface area contributed by atoms with E-state index < -0.39 is 0 Å². The fourth-order valence-corrected chi connectivity index (χ4v) is 2.30. The summed E-state index contributed by atoms with van der Waals surface area (Å²) >= 11 is 0. The number of para-hydroxylation sites is 1. The van der Waals surface area contributed by atoms with Gasteiger partial charge in [-0.05, 0) is 12.1 Å². The highest BCUT2D eigenvalue weighted by Crippen LogP contribution is 2.28. The van der Waals surface area contributed by atoms with Crippen LogP contribution < -0.4 is 4.90 Å². The molecule has 0 saturated carbocycles. The van der Waals surface area contributed by atoms with Crippen molar-refractivity contribution in [2.75, 3.05) is 11.4 Å². The maximum atomic E-state index is 12.0. The number of hydrogen-bond donors (Lipinski definition) is 0. The largest absolute Gasteiger partial charge is 0.296 e. The van der Waals surface area contributed by atoms with Crippen LogP contribution in [0.2, 0.25) is 0 Å². The molecule has 1 saturated heterocycles. The van der Waals surface area contributed by atoms with Crippen LogP contribution in [0.25, 0.3) is 10.9 Å². The molecule has 2 aromatic rings. The third-order valence-corrected chi connectivity index (χ3v) is 3.27. The molecule has 1 amide bonds. The number of aromatic nitrogens is 2. The smallest absolute Gasteiger partial charge is 0.228 e. The Morgan fingerprint density at radius 3 is 2.94 bits per heavy atom. The first-order valence-corrected chi connectivity index (χ1v) is 5.92. The van der Waals surface area contributed by atoms with Gasteiger partial charge in [0.25, 0.3) is 0 Å². The van der Waals surface area contributed by atoms with Gasteiger partial charge in [-0.1, -0.05) is 18.2 Å². The van der Waals surface area contributed by atoms with Crippen molar-refractivity contribution in [1.29, 1.82) is 0 Å². The molecule has 3 rings (SSSR count). The maximum absolute atomic E-state index is 12.0. The molecule has 2 heterocycles. The van der Waals surface area contributed by atoms with Crippen molar-refractivity contribution in [2.24, 2.45) is 5.92 Å². The summed E-state index contributed by atoms with van der Waals surface area (Å²) < 4.78 is 0. The first-order chi connectivity index (χ1) is 8.79. The Morgan fingerprint density at radius 2 is 2.17 bits per heavy atom. The van der Waals surface area contributed by atoms with Crippen molar-refractivity contribution in [1.82, 2.24) is 9.97 Å². The standard InChI is InChI=1S/C14H13N3O/c1-2-10-7-13(18)17(8-10)14-11-5-3-4-6-12(11)15-9-16-14/h2-6,9-10H,1,7-8H2.